The number of hydrogen-bond donors (Lipinski definition) is 1. The number of allylic oxidation sites excluding steroid dienone is 1. The van der Waals surface area contributed by atoms with Gasteiger partial charge >= 0.3 is 0 Å². The van der Waals surface area contributed by atoms with E-state index < -0.39 is 0 Å². The average Bonchev–Trinajstić information content (AvgIpc) is 3.00. The van der Waals surface area contributed by atoms with Crippen LogP contribution in [0.1, 0.15) is 107 Å². The van der Waals surface area contributed by atoms with Crippen LogP contribution in [0.5, 0.6) is 0 Å². The first kappa shape index (κ1) is 25.1. The summed E-state index contributed by atoms with van der Waals surface area (Å²) in [5.41, 5.74) is 0.925. The summed E-state index contributed by atoms with van der Waals surface area (Å²) in [4.78, 5) is 26.5. The molecule has 0 aliphatic heterocycles. The third kappa shape index (κ3) is 3.38. The molecule has 3 heteroatoms. The van der Waals surface area contributed by atoms with Crippen LogP contribution in [0.2, 0.25) is 0 Å². The molecule has 0 spiro atoms. The lowest BCUT2D eigenvalue weighted by Gasteiger charge is -2.64. The molecule has 186 valence electrons. The second kappa shape index (κ2) is 8.04. The zero-order valence-electron chi connectivity index (χ0n) is 22.5. The quantitative estimate of drug-likeness (QED) is 0.464. The molecule has 0 heterocycles. The van der Waals surface area contributed by atoms with Crippen molar-refractivity contribution >= 4 is 11.6 Å². The molecule has 3 nitrogen and oxygen atoms in total. The summed E-state index contributed by atoms with van der Waals surface area (Å²) in [5, 5.41) is 10.7. The second-order valence-corrected chi connectivity index (χ2v) is 13.8. The third-order valence-electron chi connectivity index (χ3n) is 11.9. The molecule has 0 aromatic carbocycles. The van der Waals surface area contributed by atoms with Crippen molar-refractivity contribution in [3.8, 4) is 0 Å². The predicted octanol–water partition coefficient (Wildman–Crippen LogP) is 6.77. The number of fused-ring (bicyclic) bond motifs is 5. The maximum atomic E-state index is 14.2. The van der Waals surface area contributed by atoms with Gasteiger partial charge in [-0.05, 0) is 73.0 Å². The Hall–Kier alpha value is -0.960. The van der Waals surface area contributed by atoms with Crippen LogP contribution >= 0.6 is 0 Å². The largest absolute Gasteiger partial charge is 0.392 e. The van der Waals surface area contributed by atoms with Gasteiger partial charge in [-0.25, -0.2) is 0 Å². The molecule has 4 aliphatic carbocycles. The first-order chi connectivity index (χ1) is 15.2. The van der Waals surface area contributed by atoms with Gasteiger partial charge in [-0.2, -0.15) is 0 Å². The molecule has 1 N–H and O–H groups in total. The van der Waals surface area contributed by atoms with E-state index in [1.165, 1.54) is 18.4 Å². The molecule has 3 fully saturated rings. The van der Waals surface area contributed by atoms with E-state index in [1.807, 2.05) is 13.8 Å². The first-order valence-corrected chi connectivity index (χ1v) is 13.7. The van der Waals surface area contributed by atoms with Gasteiger partial charge in [-0.15, -0.1) is 0 Å². The molecule has 4 rings (SSSR count). The summed E-state index contributed by atoms with van der Waals surface area (Å²) in [6, 6.07) is 0. The van der Waals surface area contributed by atoms with Crippen molar-refractivity contribution in [2.45, 2.75) is 113 Å². The lowest BCUT2D eigenvalue weighted by molar-refractivity contribution is -0.172. The highest BCUT2D eigenvalue weighted by Gasteiger charge is 2.70. The second-order valence-electron chi connectivity index (χ2n) is 13.8. The highest BCUT2D eigenvalue weighted by atomic mass is 16.3. The van der Waals surface area contributed by atoms with Gasteiger partial charge in [0.25, 0.3) is 0 Å². The summed E-state index contributed by atoms with van der Waals surface area (Å²) in [5.74, 6) is 2.55. The Morgan fingerprint density at radius 2 is 1.73 bits per heavy atom. The lowest BCUT2D eigenvalue weighted by Crippen LogP contribution is -2.63. The molecule has 3 saturated carbocycles. The van der Waals surface area contributed by atoms with Gasteiger partial charge in [0, 0.05) is 29.6 Å². The maximum Gasteiger partial charge on any atom is 0.140 e. The number of aliphatic hydroxyl groups is 1. The zero-order valence-corrected chi connectivity index (χ0v) is 22.5. The van der Waals surface area contributed by atoms with Crippen LogP contribution < -0.4 is 0 Å². The maximum absolute atomic E-state index is 14.2. The molecule has 0 saturated heterocycles. The van der Waals surface area contributed by atoms with E-state index in [2.05, 4.69) is 47.6 Å². The van der Waals surface area contributed by atoms with Gasteiger partial charge in [-0.3, -0.25) is 9.59 Å². The Kier molecular flexibility index (Phi) is 6.12. The fourth-order valence-electron chi connectivity index (χ4n) is 9.24. The van der Waals surface area contributed by atoms with Crippen LogP contribution in [-0.2, 0) is 9.59 Å². The Bertz CT molecular complexity index is 853. The summed E-state index contributed by atoms with van der Waals surface area (Å²) >= 11 is 0. The normalized spacial score (nSPS) is 45.2. The minimum atomic E-state index is -0.318. The van der Waals surface area contributed by atoms with Crippen molar-refractivity contribution < 1.29 is 14.7 Å². The highest BCUT2D eigenvalue weighted by Crippen LogP contribution is 2.74. The van der Waals surface area contributed by atoms with Crippen molar-refractivity contribution in [2.75, 3.05) is 0 Å². The monoisotopic (exact) mass is 456 g/mol. The van der Waals surface area contributed by atoms with Gasteiger partial charge in [-0.1, -0.05) is 67.0 Å². The highest BCUT2D eigenvalue weighted by molar-refractivity contribution is 5.88. The molecule has 33 heavy (non-hydrogen) atoms. The fraction of sp³-hybridized carbons (Fsp3) is 0.867. The SMILES string of the molecule is CC(C)C(=O)CC[C@@H](C)[C@H]1CC[C@@]2(C)[C@@H]3CC=C4[C@@H](CC[C@H](O)C4(C)C)[C@]3(C)C(=O)C[C@]12C. The molecule has 0 bridgehead atoms. The lowest BCUT2D eigenvalue weighted by atomic mass is 9.38. The van der Waals surface area contributed by atoms with Crippen LogP contribution in [0.15, 0.2) is 11.6 Å². The van der Waals surface area contributed by atoms with E-state index in [0.29, 0.717) is 42.2 Å². The molecule has 4 aliphatic rings. The molecule has 0 aromatic heterocycles. The Morgan fingerprint density at radius 1 is 1.06 bits per heavy atom. The number of rotatable bonds is 5. The Morgan fingerprint density at radius 3 is 2.36 bits per heavy atom. The molecular formula is C30H48O3. The molecular weight excluding hydrogens is 408 g/mol. The minimum absolute atomic E-state index is 0.00357. The van der Waals surface area contributed by atoms with Gasteiger partial charge < -0.3 is 5.11 Å². The first-order valence-electron chi connectivity index (χ1n) is 13.7. The summed E-state index contributed by atoms with van der Waals surface area (Å²) in [6.07, 6.45) is 9.46. The number of Topliss-reactive ketones (excluding diaryl/α,β-unsaturated/α-hetero) is 2. The molecule has 0 aromatic rings. The average molecular weight is 457 g/mol. The smallest absolute Gasteiger partial charge is 0.140 e. The van der Waals surface area contributed by atoms with Crippen LogP contribution in [0, 0.1) is 51.2 Å². The fourth-order valence-corrected chi connectivity index (χ4v) is 9.24. The molecule has 0 unspecified atom stereocenters. The summed E-state index contributed by atoms with van der Waals surface area (Å²) in [6.45, 7) is 17.9. The Balaban J connectivity index is 1.66. The van der Waals surface area contributed by atoms with Crippen molar-refractivity contribution in [3.05, 3.63) is 11.6 Å². The third-order valence-corrected chi connectivity index (χ3v) is 11.9. The summed E-state index contributed by atoms with van der Waals surface area (Å²) < 4.78 is 0. The van der Waals surface area contributed by atoms with Crippen molar-refractivity contribution in [2.24, 2.45) is 51.2 Å². The van der Waals surface area contributed by atoms with Gasteiger partial charge in [0.1, 0.15) is 11.6 Å². The van der Waals surface area contributed by atoms with Gasteiger partial charge in [0.15, 0.2) is 0 Å². The minimum Gasteiger partial charge on any atom is -0.392 e. The van der Waals surface area contributed by atoms with Crippen molar-refractivity contribution in [1.82, 2.24) is 0 Å². The van der Waals surface area contributed by atoms with E-state index in [4.69, 9.17) is 0 Å². The van der Waals surface area contributed by atoms with Crippen LogP contribution in [-0.4, -0.2) is 22.8 Å². The van der Waals surface area contributed by atoms with Crippen molar-refractivity contribution in [3.63, 3.8) is 0 Å². The number of hydrogen-bond acceptors (Lipinski definition) is 3. The van der Waals surface area contributed by atoms with E-state index in [-0.39, 0.29) is 39.6 Å². The van der Waals surface area contributed by atoms with E-state index in [9.17, 15) is 14.7 Å². The van der Waals surface area contributed by atoms with Gasteiger partial charge in [0.2, 0.25) is 0 Å². The number of aliphatic hydroxyl groups excluding tert-OH is 1. The number of carbonyl (C=O) groups excluding carboxylic acids is 2. The van der Waals surface area contributed by atoms with E-state index in [0.717, 1.165) is 25.7 Å². The number of ketones is 2. The molecule has 8 atom stereocenters. The van der Waals surface area contributed by atoms with Crippen LogP contribution in [0.3, 0.4) is 0 Å². The summed E-state index contributed by atoms with van der Waals surface area (Å²) in [7, 11) is 0. The molecule has 0 amide bonds. The van der Waals surface area contributed by atoms with Crippen LogP contribution in [0.4, 0.5) is 0 Å². The standard InChI is InChI=1S/C30H48O3/c1-18(2)23(31)12-9-19(3)20-15-16-28(6)24-13-10-21-22(11-14-25(32)27(21,4)5)30(24,8)26(33)17-29(20,28)7/h10,18-20,22,24-25,32H,9,11-17H2,1-8H3/t19-,20-,22-,24+,25+,28+,29-,30+/m1/s1. The van der Waals surface area contributed by atoms with Crippen molar-refractivity contribution in [1.29, 1.82) is 0 Å². The van der Waals surface area contributed by atoms with Crippen LogP contribution in [0.25, 0.3) is 0 Å². The van der Waals surface area contributed by atoms with E-state index >= 15 is 0 Å². The van der Waals surface area contributed by atoms with E-state index in [1.54, 1.807) is 0 Å². The Labute approximate surface area is 202 Å². The zero-order chi connectivity index (χ0) is 24.6. The molecule has 0 radical (unpaired) electrons. The topological polar surface area (TPSA) is 54.4 Å². The van der Waals surface area contributed by atoms with Gasteiger partial charge in [0.05, 0.1) is 6.10 Å². The predicted molar refractivity (Wildman–Crippen MR) is 134 cm³/mol. The number of carbonyl (C=O) groups is 2.